The minimum Gasteiger partial charge on any atom is -0.497 e. The van der Waals surface area contributed by atoms with E-state index in [0.29, 0.717) is 0 Å². The van der Waals surface area contributed by atoms with Gasteiger partial charge in [-0.05, 0) is 42.3 Å². The van der Waals surface area contributed by atoms with Crippen LogP contribution in [0.3, 0.4) is 0 Å². The van der Waals surface area contributed by atoms with Gasteiger partial charge < -0.3 is 10.5 Å². The second kappa shape index (κ2) is 7.58. The van der Waals surface area contributed by atoms with Gasteiger partial charge in [-0.3, -0.25) is 0 Å². The van der Waals surface area contributed by atoms with E-state index in [1.807, 2.05) is 36.4 Å². The third-order valence-corrected chi connectivity index (χ3v) is 4.31. The van der Waals surface area contributed by atoms with Crippen LogP contribution in [0.15, 0.2) is 53.4 Å². The highest BCUT2D eigenvalue weighted by molar-refractivity contribution is 7.99. The molecule has 0 aromatic heterocycles. The molecule has 2 aromatic rings. The van der Waals surface area contributed by atoms with Crippen LogP contribution < -0.4 is 10.5 Å². The Morgan fingerprint density at radius 3 is 2.75 bits per heavy atom. The van der Waals surface area contributed by atoms with Gasteiger partial charge in [0.1, 0.15) is 5.75 Å². The smallest absolute Gasteiger partial charge is 0.119 e. The first-order valence-electron chi connectivity index (χ1n) is 6.44. The Morgan fingerprint density at radius 1 is 1.20 bits per heavy atom. The third-order valence-electron chi connectivity index (χ3n) is 2.89. The van der Waals surface area contributed by atoms with Crippen molar-refractivity contribution in [2.75, 3.05) is 12.9 Å². The zero-order chi connectivity index (χ0) is 14.4. The summed E-state index contributed by atoms with van der Waals surface area (Å²) in [5.74, 6) is 1.73. The summed E-state index contributed by atoms with van der Waals surface area (Å²) in [6, 6.07) is 16.0. The van der Waals surface area contributed by atoms with Gasteiger partial charge in [0.25, 0.3) is 0 Å². The van der Waals surface area contributed by atoms with Crippen LogP contribution in [0.5, 0.6) is 5.75 Å². The SMILES string of the molecule is COc1cccc(CC(N)CSc2cccc(Cl)c2)c1. The Labute approximate surface area is 129 Å². The zero-order valence-corrected chi connectivity index (χ0v) is 13.0. The molecule has 0 bridgehead atoms. The van der Waals surface area contributed by atoms with Gasteiger partial charge >= 0.3 is 0 Å². The molecule has 4 heteroatoms. The number of thioether (sulfide) groups is 1. The number of halogens is 1. The van der Waals surface area contributed by atoms with Crippen LogP contribution in [0.25, 0.3) is 0 Å². The summed E-state index contributed by atoms with van der Waals surface area (Å²) < 4.78 is 5.22. The second-order valence-electron chi connectivity index (χ2n) is 4.58. The lowest BCUT2D eigenvalue weighted by Crippen LogP contribution is -2.25. The standard InChI is InChI=1S/C16H18ClNOS/c1-19-15-6-2-4-12(9-15)8-14(18)11-20-16-7-3-5-13(17)10-16/h2-7,9-10,14H,8,11,18H2,1H3. The van der Waals surface area contributed by atoms with Crippen LogP contribution in [-0.4, -0.2) is 18.9 Å². The topological polar surface area (TPSA) is 35.2 Å². The molecule has 0 saturated heterocycles. The van der Waals surface area contributed by atoms with Crippen LogP contribution in [0.1, 0.15) is 5.56 Å². The minimum atomic E-state index is 0.103. The lowest BCUT2D eigenvalue weighted by atomic mass is 10.1. The van der Waals surface area contributed by atoms with Gasteiger partial charge in [0.15, 0.2) is 0 Å². The number of benzene rings is 2. The summed E-state index contributed by atoms with van der Waals surface area (Å²) in [6.45, 7) is 0. The van der Waals surface area contributed by atoms with E-state index < -0.39 is 0 Å². The van der Waals surface area contributed by atoms with Crippen LogP contribution in [-0.2, 0) is 6.42 Å². The third kappa shape index (κ3) is 4.75. The Balaban J connectivity index is 1.87. The maximum atomic E-state index is 6.19. The van der Waals surface area contributed by atoms with E-state index >= 15 is 0 Å². The summed E-state index contributed by atoms with van der Waals surface area (Å²) in [5.41, 5.74) is 7.39. The summed E-state index contributed by atoms with van der Waals surface area (Å²) >= 11 is 7.70. The Morgan fingerprint density at radius 2 is 2.00 bits per heavy atom. The van der Waals surface area contributed by atoms with E-state index in [-0.39, 0.29) is 6.04 Å². The van der Waals surface area contributed by atoms with Gasteiger partial charge in [0.2, 0.25) is 0 Å². The van der Waals surface area contributed by atoms with Crippen LogP contribution in [0.4, 0.5) is 0 Å². The largest absolute Gasteiger partial charge is 0.497 e. The van der Waals surface area contributed by atoms with Gasteiger partial charge in [-0.25, -0.2) is 0 Å². The quantitative estimate of drug-likeness (QED) is 0.819. The molecule has 0 spiro atoms. The molecule has 2 N–H and O–H groups in total. The molecule has 0 saturated carbocycles. The van der Waals surface area contributed by atoms with Crippen molar-refractivity contribution in [2.45, 2.75) is 17.4 Å². The van der Waals surface area contributed by atoms with E-state index in [1.165, 1.54) is 5.56 Å². The average Bonchev–Trinajstić information content (AvgIpc) is 2.45. The number of hydrogen-bond donors (Lipinski definition) is 1. The Hall–Kier alpha value is -1.16. The van der Waals surface area contributed by atoms with E-state index in [0.717, 1.165) is 27.8 Å². The number of rotatable bonds is 6. The molecule has 2 nitrogen and oxygen atoms in total. The molecule has 0 heterocycles. The second-order valence-corrected chi connectivity index (χ2v) is 6.11. The van der Waals surface area contributed by atoms with Crippen LogP contribution >= 0.6 is 23.4 Å². The van der Waals surface area contributed by atoms with Gasteiger partial charge in [0.05, 0.1) is 7.11 Å². The number of hydrogen-bond acceptors (Lipinski definition) is 3. The molecular weight excluding hydrogens is 290 g/mol. The molecule has 0 aliphatic heterocycles. The van der Waals surface area contributed by atoms with Crippen molar-refractivity contribution in [3.63, 3.8) is 0 Å². The summed E-state index contributed by atoms with van der Waals surface area (Å²) in [4.78, 5) is 1.15. The number of nitrogens with two attached hydrogens (primary N) is 1. The van der Waals surface area contributed by atoms with Gasteiger partial charge in [0, 0.05) is 21.7 Å². The first kappa shape index (κ1) is 15.2. The highest BCUT2D eigenvalue weighted by Gasteiger charge is 2.06. The molecule has 20 heavy (non-hydrogen) atoms. The lowest BCUT2D eigenvalue weighted by molar-refractivity contribution is 0.414. The molecule has 106 valence electrons. The predicted octanol–water partition coefficient (Wildman–Crippen LogP) is 4.01. The monoisotopic (exact) mass is 307 g/mol. The average molecular weight is 308 g/mol. The molecule has 0 amide bonds. The summed E-state index contributed by atoms with van der Waals surface area (Å²) in [5, 5.41) is 0.761. The van der Waals surface area contributed by atoms with E-state index in [1.54, 1.807) is 18.9 Å². The van der Waals surface area contributed by atoms with Gasteiger partial charge in [-0.15, -0.1) is 11.8 Å². The molecule has 0 fully saturated rings. The fourth-order valence-electron chi connectivity index (χ4n) is 1.92. The fraction of sp³-hybridized carbons (Fsp3) is 0.250. The van der Waals surface area contributed by atoms with Crippen LogP contribution in [0.2, 0.25) is 5.02 Å². The highest BCUT2D eigenvalue weighted by atomic mass is 35.5. The normalized spacial score (nSPS) is 12.2. The Bertz CT molecular complexity index is 562. The van der Waals surface area contributed by atoms with Crippen molar-refractivity contribution in [1.29, 1.82) is 0 Å². The maximum absolute atomic E-state index is 6.19. The zero-order valence-electron chi connectivity index (χ0n) is 11.4. The minimum absolute atomic E-state index is 0.103. The van der Waals surface area contributed by atoms with E-state index in [2.05, 4.69) is 12.1 Å². The maximum Gasteiger partial charge on any atom is 0.119 e. The number of ether oxygens (including phenoxy) is 1. The van der Waals surface area contributed by atoms with Crippen molar-refractivity contribution in [1.82, 2.24) is 0 Å². The Kier molecular flexibility index (Phi) is 5.77. The van der Waals surface area contributed by atoms with E-state index in [4.69, 9.17) is 22.1 Å². The molecule has 1 atom stereocenters. The first-order valence-corrected chi connectivity index (χ1v) is 7.80. The summed E-state index contributed by atoms with van der Waals surface area (Å²) in [6.07, 6.45) is 0.838. The molecular formula is C16H18ClNOS. The molecule has 2 aromatic carbocycles. The van der Waals surface area contributed by atoms with Crippen molar-refractivity contribution < 1.29 is 4.74 Å². The molecule has 0 aliphatic carbocycles. The van der Waals surface area contributed by atoms with Gasteiger partial charge in [-0.1, -0.05) is 29.8 Å². The van der Waals surface area contributed by atoms with Crippen molar-refractivity contribution in [2.24, 2.45) is 5.73 Å². The van der Waals surface area contributed by atoms with Crippen molar-refractivity contribution in [3.05, 3.63) is 59.1 Å². The van der Waals surface area contributed by atoms with Gasteiger partial charge in [-0.2, -0.15) is 0 Å². The summed E-state index contributed by atoms with van der Waals surface area (Å²) in [7, 11) is 1.67. The first-order chi connectivity index (χ1) is 9.67. The molecule has 2 rings (SSSR count). The molecule has 1 unspecified atom stereocenters. The predicted molar refractivity (Wildman–Crippen MR) is 86.8 cm³/mol. The van der Waals surface area contributed by atoms with Crippen molar-refractivity contribution in [3.8, 4) is 5.75 Å². The van der Waals surface area contributed by atoms with Crippen LogP contribution in [0, 0.1) is 0 Å². The molecule has 0 radical (unpaired) electrons. The highest BCUT2D eigenvalue weighted by Crippen LogP contribution is 2.23. The fourth-order valence-corrected chi connectivity index (χ4v) is 3.09. The van der Waals surface area contributed by atoms with Crippen molar-refractivity contribution >= 4 is 23.4 Å². The van der Waals surface area contributed by atoms with E-state index in [9.17, 15) is 0 Å². The lowest BCUT2D eigenvalue weighted by Gasteiger charge is -2.12. The number of methoxy groups -OCH3 is 1. The molecule has 0 aliphatic rings.